The van der Waals surface area contributed by atoms with Crippen LogP contribution in [0.1, 0.15) is 26.7 Å². The van der Waals surface area contributed by atoms with E-state index in [1.807, 2.05) is 11.9 Å². The van der Waals surface area contributed by atoms with Gasteiger partial charge in [-0.05, 0) is 32.5 Å². The molecule has 1 amide bonds. The van der Waals surface area contributed by atoms with Crippen LogP contribution >= 0.6 is 34.8 Å². The van der Waals surface area contributed by atoms with Crippen molar-refractivity contribution in [2.45, 2.75) is 32.7 Å². The summed E-state index contributed by atoms with van der Waals surface area (Å²) in [4.78, 5) is 14.0. The fourth-order valence-electron chi connectivity index (χ4n) is 1.83. The molecule has 6 heteroatoms. The molecule has 0 heterocycles. The van der Waals surface area contributed by atoms with Gasteiger partial charge in [0.15, 0.2) is 0 Å². The second kappa shape index (κ2) is 8.08. The third kappa shape index (κ3) is 5.13. The van der Waals surface area contributed by atoms with Crippen LogP contribution < -0.4 is 5.32 Å². The van der Waals surface area contributed by atoms with Crippen molar-refractivity contribution in [1.82, 2.24) is 4.90 Å². The third-order valence-electron chi connectivity index (χ3n) is 3.14. The Hall–Kier alpha value is -0.480. The van der Waals surface area contributed by atoms with Crippen molar-refractivity contribution in [3.8, 4) is 0 Å². The number of nitrogens with one attached hydrogen (secondary N) is 1. The summed E-state index contributed by atoms with van der Waals surface area (Å²) in [6, 6.07) is 3.43. The van der Waals surface area contributed by atoms with Gasteiger partial charge in [-0.3, -0.25) is 9.69 Å². The molecule has 112 valence electrons. The maximum Gasteiger partial charge on any atom is 0.238 e. The number of carbonyl (C=O) groups is 1. The van der Waals surface area contributed by atoms with Crippen LogP contribution in [0.3, 0.4) is 0 Å². The molecule has 0 aromatic heterocycles. The highest BCUT2D eigenvalue weighted by Gasteiger charge is 2.14. The Balaban J connectivity index is 2.65. The molecule has 0 aliphatic heterocycles. The Morgan fingerprint density at radius 1 is 1.25 bits per heavy atom. The molecule has 1 atom stereocenters. The average Bonchev–Trinajstić information content (AvgIpc) is 2.36. The molecule has 0 aliphatic carbocycles. The predicted octanol–water partition coefficient (Wildman–Crippen LogP) is 4.71. The lowest BCUT2D eigenvalue weighted by Crippen LogP contribution is -2.36. The summed E-state index contributed by atoms with van der Waals surface area (Å²) in [5, 5.41) is 3.85. The fraction of sp³-hybridized carbons (Fsp3) is 0.500. The lowest BCUT2D eigenvalue weighted by molar-refractivity contribution is -0.117. The number of halogens is 3. The minimum Gasteiger partial charge on any atom is -0.324 e. The molecule has 0 spiro atoms. The highest BCUT2D eigenvalue weighted by atomic mass is 35.5. The van der Waals surface area contributed by atoms with Crippen LogP contribution in [0.4, 0.5) is 5.69 Å². The molecule has 1 N–H and O–H groups in total. The Morgan fingerprint density at radius 2 is 1.85 bits per heavy atom. The van der Waals surface area contributed by atoms with E-state index in [4.69, 9.17) is 34.8 Å². The van der Waals surface area contributed by atoms with Gasteiger partial charge in [0.05, 0.1) is 27.3 Å². The zero-order valence-corrected chi connectivity index (χ0v) is 14.1. The van der Waals surface area contributed by atoms with E-state index in [0.29, 0.717) is 33.3 Å². The highest BCUT2D eigenvalue weighted by Crippen LogP contribution is 2.32. The molecule has 1 aromatic rings. The molecule has 0 saturated heterocycles. The first-order chi connectivity index (χ1) is 9.35. The number of amides is 1. The number of carbonyl (C=O) groups excluding carboxylic acids is 1. The maximum atomic E-state index is 12.0. The SMILES string of the molecule is CCCC(C)N(C)CC(=O)Nc1cc(Cl)c(Cl)cc1Cl. The van der Waals surface area contributed by atoms with E-state index < -0.39 is 0 Å². The lowest BCUT2D eigenvalue weighted by Gasteiger charge is -2.23. The second-order valence-electron chi connectivity index (χ2n) is 4.85. The van der Waals surface area contributed by atoms with Crippen molar-refractivity contribution >= 4 is 46.4 Å². The molecule has 1 unspecified atom stereocenters. The molecular weight excluding hydrogens is 319 g/mol. The van der Waals surface area contributed by atoms with Gasteiger partial charge in [-0.2, -0.15) is 0 Å². The third-order valence-corrected chi connectivity index (χ3v) is 4.17. The van der Waals surface area contributed by atoms with Gasteiger partial charge in [0, 0.05) is 6.04 Å². The Labute approximate surface area is 135 Å². The summed E-state index contributed by atoms with van der Waals surface area (Å²) < 4.78 is 0. The van der Waals surface area contributed by atoms with Crippen LogP contribution in [-0.2, 0) is 4.79 Å². The molecule has 0 fully saturated rings. The quantitative estimate of drug-likeness (QED) is 0.763. The van der Waals surface area contributed by atoms with Crippen molar-refractivity contribution in [1.29, 1.82) is 0 Å². The van der Waals surface area contributed by atoms with Crippen molar-refractivity contribution in [2.24, 2.45) is 0 Å². The Bertz CT molecular complexity index is 480. The van der Waals surface area contributed by atoms with Gasteiger partial charge in [0.25, 0.3) is 0 Å². The number of nitrogens with zero attached hydrogens (tertiary/aromatic N) is 1. The summed E-state index contributed by atoms with van der Waals surface area (Å²) >= 11 is 17.8. The standard InChI is InChI=1S/C14H19Cl3N2O/c1-4-5-9(2)19(3)8-14(20)18-13-7-11(16)10(15)6-12(13)17/h6-7,9H,4-5,8H2,1-3H3,(H,18,20). The van der Waals surface area contributed by atoms with Gasteiger partial charge in [-0.25, -0.2) is 0 Å². The smallest absolute Gasteiger partial charge is 0.238 e. The summed E-state index contributed by atoms with van der Waals surface area (Å²) in [5.41, 5.74) is 0.475. The van der Waals surface area contributed by atoms with Crippen molar-refractivity contribution in [3.05, 3.63) is 27.2 Å². The average molecular weight is 338 g/mol. The van der Waals surface area contributed by atoms with E-state index in [1.54, 1.807) is 6.07 Å². The molecule has 1 aromatic carbocycles. The first-order valence-corrected chi connectivity index (χ1v) is 7.63. The molecule has 20 heavy (non-hydrogen) atoms. The first-order valence-electron chi connectivity index (χ1n) is 6.49. The zero-order chi connectivity index (χ0) is 15.3. The van der Waals surface area contributed by atoms with E-state index in [2.05, 4.69) is 19.2 Å². The summed E-state index contributed by atoms with van der Waals surface area (Å²) in [6.45, 7) is 4.53. The van der Waals surface area contributed by atoms with Crippen LogP contribution in [0.5, 0.6) is 0 Å². The molecule has 3 nitrogen and oxygen atoms in total. The summed E-state index contributed by atoms with van der Waals surface area (Å²) in [7, 11) is 1.93. The predicted molar refractivity (Wildman–Crippen MR) is 87.1 cm³/mol. The highest BCUT2D eigenvalue weighted by molar-refractivity contribution is 6.44. The summed E-state index contributed by atoms with van der Waals surface area (Å²) in [5.74, 6) is -0.129. The van der Waals surface area contributed by atoms with Gasteiger partial charge < -0.3 is 5.32 Å². The van der Waals surface area contributed by atoms with Crippen molar-refractivity contribution < 1.29 is 4.79 Å². The minimum atomic E-state index is -0.129. The van der Waals surface area contributed by atoms with E-state index >= 15 is 0 Å². The van der Waals surface area contributed by atoms with Gasteiger partial charge in [-0.15, -0.1) is 0 Å². The Morgan fingerprint density at radius 3 is 2.45 bits per heavy atom. The number of benzene rings is 1. The molecule has 0 aliphatic rings. The van der Waals surface area contributed by atoms with E-state index in [9.17, 15) is 4.79 Å². The van der Waals surface area contributed by atoms with Crippen LogP contribution in [-0.4, -0.2) is 30.4 Å². The van der Waals surface area contributed by atoms with Crippen LogP contribution in [0.2, 0.25) is 15.1 Å². The number of rotatable bonds is 6. The van der Waals surface area contributed by atoms with E-state index in [-0.39, 0.29) is 5.91 Å². The minimum absolute atomic E-state index is 0.129. The van der Waals surface area contributed by atoms with E-state index in [0.717, 1.165) is 12.8 Å². The summed E-state index contributed by atoms with van der Waals surface area (Å²) in [6.07, 6.45) is 2.14. The maximum absolute atomic E-state index is 12.0. The molecule has 1 rings (SSSR count). The van der Waals surface area contributed by atoms with Gasteiger partial charge in [0.2, 0.25) is 5.91 Å². The first kappa shape index (κ1) is 17.6. The van der Waals surface area contributed by atoms with Crippen LogP contribution in [0, 0.1) is 0 Å². The normalized spacial score (nSPS) is 12.6. The number of hydrogen-bond donors (Lipinski definition) is 1. The Kier molecular flexibility index (Phi) is 7.10. The topological polar surface area (TPSA) is 32.3 Å². The van der Waals surface area contributed by atoms with Gasteiger partial charge in [0.1, 0.15) is 0 Å². The lowest BCUT2D eigenvalue weighted by atomic mass is 10.2. The van der Waals surface area contributed by atoms with Gasteiger partial charge in [-0.1, -0.05) is 48.1 Å². The van der Waals surface area contributed by atoms with Gasteiger partial charge >= 0.3 is 0 Å². The molecule has 0 saturated carbocycles. The number of anilines is 1. The fourth-order valence-corrected chi connectivity index (χ4v) is 2.42. The van der Waals surface area contributed by atoms with Crippen molar-refractivity contribution in [2.75, 3.05) is 18.9 Å². The van der Waals surface area contributed by atoms with Crippen molar-refractivity contribution in [3.63, 3.8) is 0 Å². The van der Waals surface area contributed by atoms with Crippen LogP contribution in [0.15, 0.2) is 12.1 Å². The van der Waals surface area contributed by atoms with E-state index in [1.165, 1.54) is 6.07 Å². The monoisotopic (exact) mass is 336 g/mol. The molecule has 0 bridgehead atoms. The van der Waals surface area contributed by atoms with Crippen LogP contribution in [0.25, 0.3) is 0 Å². The molecular formula is C14H19Cl3N2O. The number of hydrogen-bond acceptors (Lipinski definition) is 2. The second-order valence-corrected chi connectivity index (χ2v) is 6.07. The number of likely N-dealkylation sites (N-methyl/N-ethyl adjacent to an activating group) is 1. The largest absolute Gasteiger partial charge is 0.324 e. The zero-order valence-electron chi connectivity index (χ0n) is 11.8. The molecule has 0 radical (unpaired) electrons.